The number of hydrogen-bond acceptors (Lipinski definition) is 5. The zero-order chi connectivity index (χ0) is 11.0. The molecule has 14 heavy (non-hydrogen) atoms. The number of rotatable bonds is 8. The molecule has 0 aliphatic rings. The highest BCUT2D eigenvalue weighted by Crippen LogP contribution is 1.81. The SMILES string of the molecule is NCCS(=O)(=O)NCCOCC(N)=O. The number of nitrogens with one attached hydrogen (secondary N) is 1. The maximum atomic E-state index is 11.0. The topological polar surface area (TPSA) is 125 Å². The molecule has 0 saturated carbocycles. The summed E-state index contributed by atoms with van der Waals surface area (Å²) in [5.41, 5.74) is 9.86. The summed E-state index contributed by atoms with van der Waals surface area (Å²) in [6.07, 6.45) is 0. The highest BCUT2D eigenvalue weighted by Gasteiger charge is 2.06. The predicted molar refractivity (Wildman–Crippen MR) is 50.9 cm³/mol. The third-order valence-electron chi connectivity index (χ3n) is 1.20. The molecule has 0 atom stereocenters. The van der Waals surface area contributed by atoms with E-state index in [1.807, 2.05) is 0 Å². The number of ether oxygens (including phenoxy) is 1. The van der Waals surface area contributed by atoms with Crippen molar-refractivity contribution in [2.75, 3.05) is 32.1 Å². The first-order chi connectivity index (χ1) is 6.48. The lowest BCUT2D eigenvalue weighted by Crippen LogP contribution is -2.32. The fourth-order valence-electron chi connectivity index (χ4n) is 0.669. The first kappa shape index (κ1) is 13.3. The summed E-state index contributed by atoms with van der Waals surface area (Å²) in [5.74, 6) is -0.710. The summed E-state index contributed by atoms with van der Waals surface area (Å²) in [6, 6.07) is 0. The van der Waals surface area contributed by atoms with Crippen molar-refractivity contribution in [2.45, 2.75) is 0 Å². The van der Waals surface area contributed by atoms with Gasteiger partial charge in [0.15, 0.2) is 0 Å². The van der Waals surface area contributed by atoms with Crippen LogP contribution in [0.2, 0.25) is 0 Å². The van der Waals surface area contributed by atoms with E-state index < -0.39 is 15.9 Å². The van der Waals surface area contributed by atoms with E-state index in [1.54, 1.807) is 0 Å². The third-order valence-corrected chi connectivity index (χ3v) is 2.62. The number of amides is 1. The van der Waals surface area contributed by atoms with Crippen LogP contribution in [0.25, 0.3) is 0 Å². The molecule has 7 nitrogen and oxygen atoms in total. The van der Waals surface area contributed by atoms with Crippen molar-refractivity contribution in [2.24, 2.45) is 11.5 Å². The smallest absolute Gasteiger partial charge is 0.243 e. The van der Waals surface area contributed by atoms with E-state index in [0.717, 1.165) is 0 Å². The predicted octanol–water partition coefficient (Wildman–Crippen LogP) is -2.63. The Morgan fingerprint density at radius 2 is 2.07 bits per heavy atom. The van der Waals surface area contributed by atoms with Crippen LogP contribution in [0.5, 0.6) is 0 Å². The van der Waals surface area contributed by atoms with Crippen LogP contribution in [0.1, 0.15) is 0 Å². The van der Waals surface area contributed by atoms with Crippen LogP contribution in [0, 0.1) is 0 Å². The summed E-state index contributed by atoms with van der Waals surface area (Å²) in [6.45, 7) is 0.0679. The molecule has 0 saturated heterocycles. The van der Waals surface area contributed by atoms with Crippen molar-refractivity contribution in [3.05, 3.63) is 0 Å². The lowest BCUT2D eigenvalue weighted by molar-refractivity contribution is -0.122. The molecule has 0 unspecified atom stereocenters. The molecule has 0 aromatic rings. The van der Waals surface area contributed by atoms with E-state index in [-0.39, 0.29) is 32.1 Å². The molecule has 0 aromatic carbocycles. The molecule has 0 rings (SSSR count). The Kier molecular flexibility index (Phi) is 6.37. The number of hydrogen-bond donors (Lipinski definition) is 3. The Balaban J connectivity index is 3.49. The molecule has 0 aliphatic carbocycles. The highest BCUT2D eigenvalue weighted by molar-refractivity contribution is 7.89. The fourth-order valence-corrected chi connectivity index (χ4v) is 1.52. The molecule has 0 radical (unpaired) electrons. The zero-order valence-corrected chi connectivity index (χ0v) is 8.55. The van der Waals surface area contributed by atoms with Gasteiger partial charge in [-0.05, 0) is 0 Å². The van der Waals surface area contributed by atoms with Gasteiger partial charge >= 0.3 is 0 Å². The Bertz CT molecular complexity index is 264. The standard InChI is InChI=1S/C6H15N3O4S/c7-1-4-14(11,12)9-2-3-13-5-6(8)10/h9H,1-5,7H2,(H2,8,10). The van der Waals surface area contributed by atoms with Crippen molar-refractivity contribution in [3.8, 4) is 0 Å². The number of primary amides is 1. The van der Waals surface area contributed by atoms with E-state index in [1.165, 1.54) is 0 Å². The maximum absolute atomic E-state index is 11.0. The molecule has 0 heterocycles. The highest BCUT2D eigenvalue weighted by atomic mass is 32.2. The van der Waals surface area contributed by atoms with E-state index in [4.69, 9.17) is 16.2 Å². The molecule has 0 spiro atoms. The lowest BCUT2D eigenvalue weighted by Gasteiger charge is -2.05. The summed E-state index contributed by atoms with van der Waals surface area (Å²) >= 11 is 0. The van der Waals surface area contributed by atoms with Crippen LogP contribution in [-0.4, -0.2) is 46.4 Å². The van der Waals surface area contributed by atoms with E-state index >= 15 is 0 Å². The molecule has 8 heteroatoms. The van der Waals surface area contributed by atoms with E-state index in [0.29, 0.717) is 0 Å². The molecule has 0 aromatic heterocycles. The zero-order valence-electron chi connectivity index (χ0n) is 7.73. The van der Waals surface area contributed by atoms with Gasteiger partial charge in [-0.2, -0.15) is 0 Å². The molecule has 5 N–H and O–H groups in total. The summed E-state index contributed by atoms with van der Waals surface area (Å²) in [4.78, 5) is 10.2. The van der Waals surface area contributed by atoms with Gasteiger partial charge in [0.2, 0.25) is 15.9 Å². The molecule has 0 bridgehead atoms. The minimum Gasteiger partial charge on any atom is -0.370 e. The van der Waals surface area contributed by atoms with Crippen molar-refractivity contribution in [1.82, 2.24) is 4.72 Å². The largest absolute Gasteiger partial charge is 0.370 e. The van der Waals surface area contributed by atoms with Gasteiger partial charge in [-0.25, -0.2) is 13.1 Å². The first-order valence-corrected chi connectivity index (χ1v) is 5.66. The Morgan fingerprint density at radius 3 is 2.57 bits per heavy atom. The van der Waals surface area contributed by atoms with Gasteiger partial charge in [-0.1, -0.05) is 0 Å². The Labute approximate surface area is 82.8 Å². The summed E-state index contributed by atoms with van der Waals surface area (Å²) < 4.78 is 29.0. The molecular weight excluding hydrogens is 210 g/mol. The van der Waals surface area contributed by atoms with Crippen molar-refractivity contribution in [3.63, 3.8) is 0 Å². The molecular formula is C6H15N3O4S. The van der Waals surface area contributed by atoms with E-state index in [9.17, 15) is 13.2 Å². The van der Waals surface area contributed by atoms with Crippen molar-refractivity contribution >= 4 is 15.9 Å². The van der Waals surface area contributed by atoms with Crippen LogP contribution >= 0.6 is 0 Å². The van der Waals surface area contributed by atoms with Crippen molar-refractivity contribution in [1.29, 1.82) is 0 Å². The van der Waals surface area contributed by atoms with Crippen LogP contribution < -0.4 is 16.2 Å². The van der Waals surface area contributed by atoms with Gasteiger partial charge in [-0.15, -0.1) is 0 Å². The van der Waals surface area contributed by atoms with Crippen LogP contribution in [-0.2, 0) is 19.6 Å². The Hall–Kier alpha value is -0.700. The monoisotopic (exact) mass is 225 g/mol. The van der Waals surface area contributed by atoms with Gasteiger partial charge in [0.25, 0.3) is 0 Å². The summed E-state index contributed by atoms with van der Waals surface area (Å²) in [7, 11) is -3.30. The van der Waals surface area contributed by atoms with E-state index in [2.05, 4.69) is 4.72 Å². The average molecular weight is 225 g/mol. The first-order valence-electron chi connectivity index (χ1n) is 4.01. The van der Waals surface area contributed by atoms with Gasteiger partial charge in [-0.3, -0.25) is 4.79 Å². The second-order valence-electron chi connectivity index (χ2n) is 2.52. The molecule has 0 fully saturated rings. The number of sulfonamides is 1. The quantitative estimate of drug-likeness (QED) is 0.390. The second-order valence-corrected chi connectivity index (χ2v) is 4.45. The van der Waals surface area contributed by atoms with Gasteiger partial charge in [0.1, 0.15) is 6.61 Å². The number of nitrogens with two attached hydrogens (primary N) is 2. The fraction of sp³-hybridized carbons (Fsp3) is 0.833. The summed E-state index contributed by atoms with van der Waals surface area (Å²) in [5, 5.41) is 0. The Morgan fingerprint density at radius 1 is 1.43 bits per heavy atom. The van der Waals surface area contributed by atoms with Crippen LogP contribution in [0.15, 0.2) is 0 Å². The number of carbonyl (C=O) groups excluding carboxylic acids is 1. The lowest BCUT2D eigenvalue weighted by atomic mass is 10.6. The minimum atomic E-state index is -3.30. The third kappa shape index (κ3) is 7.92. The normalized spacial score (nSPS) is 11.5. The van der Waals surface area contributed by atoms with Gasteiger partial charge < -0.3 is 16.2 Å². The van der Waals surface area contributed by atoms with Crippen molar-refractivity contribution < 1.29 is 17.9 Å². The van der Waals surface area contributed by atoms with Gasteiger partial charge in [0, 0.05) is 13.1 Å². The maximum Gasteiger partial charge on any atom is 0.243 e. The molecule has 84 valence electrons. The minimum absolute atomic E-state index is 0.0669. The second kappa shape index (κ2) is 6.71. The number of carbonyl (C=O) groups is 1. The average Bonchev–Trinajstić information content (AvgIpc) is 2.02. The molecule has 0 aliphatic heterocycles. The molecule has 1 amide bonds. The van der Waals surface area contributed by atoms with Gasteiger partial charge in [0.05, 0.1) is 12.4 Å². The van der Waals surface area contributed by atoms with Crippen LogP contribution in [0.3, 0.4) is 0 Å². The van der Waals surface area contributed by atoms with Crippen LogP contribution in [0.4, 0.5) is 0 Å².